The van der Waals surface area contributed by atoms with Gasteiger partial charge in [-0.25, -0.2) is 9.78 Å². The molecule has 6 nitrogen and oxygen atoms in total. The van der Waals surface area contributed by atoms with Gasteiger partial charge in [-0.1, -0.05) is 32.0 Å². The van der Waals surface area contributed by atoms with Gasteiger partial charge in [-0.3, -0.25) is 4.90 Å². The van der Waals surface area contributed by atoms with E-state index in [1.165, 1.54) is 0 Å². The van der Waals surface area contributed by atoms with Crippen molar-refractivity contribution < 1.29 is 18.3 Å². The van der Waals surface area contributed by atoms with Crippen LogP contribution in [0.3, 0.4) is 0 Å². The molecule has 0 bridgehead atoms. The molecule has 2 aromatic rings. The molecule has 1 saturated carbocycles. The number of rotatable bonds is 6. The average molecular weight is 430 g/mol. The van der Waals surface area contributed by atoms with Crippen LogP contribution in [0.2, 0.25) is 0 Å². The molecule has 4 rings (SSSR count). The van der Waals surface area contributed by atoms with Gasteiger partial charge in [0.15, 0.2) is 0 Å². The van der Waals surface area contributed by atoms with E-state index in [-0.39, 0.29) is 35.0 Å². The normalized spacial score (nSPS) is 17.4. The summed E-state index contributed by atoms with van der Waals surface area (Å²) >= 11 is 0. The van der Waals surface area contributed by atoms with Crippen LogP contribution in [0.4, 0.5) is 25.0 Å². The maximum Gasteiger partial charge on any atom is 0.388 e. The van der Waals surface area contributed by atoms with Crippen LogP contribution < -0.4 is 20.3 Å². The molecule has 2 amide bonds. The Bertz CT molecular complexity index is 954. The molecule has 2 N–H and O–H groups in total. The average Bonchev–Trinajstić information content (AvgIpc) is 2.64. The summed E-state index contributed by atoms with van der Waals surface area (Å²) in [7, 11) is 0. The van der Waals surface area contributed by atoms with Crippen molar-refractivity contribution in [3.05, 3.63) is 47.7 Å². The van der Waals surface area contributed by atoms with Gasteiger partial charge in [0.1, 0.15) is 5.69 Å². The van der Waals surface area contributed by atoms with Crippen LogP contribution in [-0.2, 0) is 0 Å². The first-order valence-electron chi connectivity index (χ1n) is 10.6. The number of hydrogen-bond acceptors (Lipinski definition) is 4. The van der Waals surface area contributed by atoms with Gasteiger partial charge in [0.2, 0.25) is 5.88 Å². The first-order chi connectivity index (χ1) is 14.8. The highest BCUT2D eigenvalue weighted by Crippen LogP contribution is 2.48. The summed E-state index contributed by atoms with van der Waals surface area (Å²) in [6.45, 7) is 4.77. The van der Waals surface area contributed by atoms with Crippen LogP contribution in [0.1, 0.15) is 43.9 Å². The smallest absolute Gasteiger partial charge is 0.388 e. The number of para-hydroxylation sites is 1. The molecule has 31 heavy (non-hydrogen) atoms. The maximum atomic E-state index is 13.5. The van der Waals surface area contributed by atoms with E-state index in [0.29, 0.717) is 5.69 Å². The van der Waals surface area contributed by atoms with E-state index in [4.69, 9.17) is 0 Å². The highest BCUT2D eigenvalue weighted by Gasteiger charge is 2.51. The third-order valence-electron chi connectivity index (χ3n) is 6.18. The van der Waals surface area contributed by atoms with Gasteiger partial charge >= 0.3 is 12.6 Å². The number of amides is 2. The van der Waals surface area contributed by atoms with Crippen LogP contribution in [0, 0.1) is 12.3 Å². The van der Waals surface area contributed by atoms with Gasteiger partial charge in [-0.15, -0.1) is 0 Å². The highest BCUT2D eigenvalue weighted by molar-refractivity contribution is 6.03. The van der Waals surface area contributed by atoms with Gasteiger partial charge < -0.3 is 15.4 Å². The Balaban J connectivity index is 1.64. The van der Waals surface area contributed by atoms with Gasteiger partial charge in [-0.05, 0) is 54.9 Å². The third-order valence-corrected chi connectivity index (χ3v) is 6.18. The molecule has 1 aliphatic carbocycles. The number of halogens is 2. The van der Waals surface area contributed by atoms with Crippen molar-refractivity contribution in [3.63, 3.8) is 0 Å². The molecule has 0 unspecified atom stereocenters. The molecule has 2 aliphatic rings. The van der Waals surface area contributed by atoms with Crippen molar-refractivity contribution in [2.24, 2.45) is 5.41 Å². The van der Waals surface area contributed by atoms with E-state index in [1.54, 1.807) is 24.0 Å². The van der Waals surface area contributed by atoms with Crippen molar-refractivity contribution in [2.75, 3.05) is 23.3 Å². The number of anilines is 2. The van der Waals surface area contributed by atoms with E-state index in [0.717, 1.165) is 37.2 Å². The van der Waals surface area contributed by atoms with Crippen molar-refractivity contribution >= 4 is 17.4 Å². The number of urea groups is 1. The van der Waals surface area contributed by atoms with Crippen LogP contribution >= 0.6 is 0 Å². The Kier molecular flexibility index (Phi) is 5.83. The second-order valence-electron chi connectivity index (χ2n) is 8.86. The number of carbonyl (C=O) groups excluding carboxylic acids is 1. The first-order valence-corrected chi connectivity index (χ1v) is 10.6. The summed E-state index contributed by atoms with van der Waals surface area (Å²) in [4.78, 5) is 19.3. The number of ether oxygens (including phenoxy) is 1. The zero-order chi connectivity index (χ0) is 22.2. The minimum atomic E-state index is -3.03. The van der Waals surface area contributed by atoms with E-state index in [1.807, 2.05) is 24.3 Å². The SMILES string of the molecule is Cc1ccc(NC(=O)N(c2ccccc2C(C)C)C2CC3(CNC3)C2)c(OC(F)F)n1. The molecule has 1 aromatic carbocycles. The number of carbonyl (C=O) groups is 1. The molecule has 1 saturated heterocycles. The number of pyridine rings is 1. The Morgan fingerprint density at radius 2 is 1.94 bits per heavy atom. The largest absolute Gasteiger partial charge is 0.415 e. The summed E-state index contributed by atoms with van der Waals surface area (Å²) < 4.78 is 30.3. The number of hydrogen-bond donors (Lipinski definition) is 2. The van der Waals surface area contributed by atoms with Crippen molar-refractivity contribution in [3.8, 4) is 5.88 Å². The summed E-state index contributed by atoms with van der Waals surface area (Å²) in [6.07, 6.45) is 1.82. The monoisotopic (exact) mass is 430 g/mol. The Hall–Kier alpha value is -2.74. The number of nitrogens with one attached hydrogen (secondary N) is 2. The fourth-order valence-electron chi connectivity index (χ4n) is 4.53. The Morgan fingerprint density at radius 1 is 1.23 bits per heavy atom. The quantitative estimate of drug-likeness (QED) is 0.684. The fraction of sp³-hybridized carbons (Fsp3) is 0.478. The number of nitrogens with zero attached hydrogens (tertiary/aromatic N) is 2. The maximum absolute atomic E-state index is 13.5. The standard InChI is InChI=1S/C23H28F2N4O2/c1-14(2)17-6-4-5-7-19(17)29(16-10-23(11-16)12-26-13-23)22(30)28-18-9-8-15(3)27-20(18)31-21(24)25/h4-9,14,16,21,26H,10-13H2,1-3H3,(H,28,30). The van der Waals surface area contributed by atoms with Crippen LogP contribution in [0.15, 0.2) is 36.4 Å². The molecule has 0 atom stereocenters. The Morgan fingerprint density at radius 3 is 2.55 bits per heavy atom. The van der Waals surface area contributed by atoms with Gasteiger partial charge in [0.05, 0.1) is 0 Å². The molecule has 1 spiro atoms. The van der Waals surface area contributed by atoms with Gasteiger partial charge in [0, 0.05) is 30.5 Å². The van der Waals surface area contributed by atoms with Crippen molar-refractivity contribution in [1.82, 2.24) is 10.3 Å². The molecule has 2 heterocycles. The van der Waals surface area contributed by atoms with E-state index in [2.05, 4.69) is 34.2 Å². The van der Waals surface area contributed by atoms with Crippen molar-refractivity contribution in [2.45, 2.75) is 52.2 Å². The first kappa shape index (κ1) is 21.5. The molecular weight excluding hydrogens is 402 g/mol. The number of benzene rings is 1. The number of aryl methyl sites for hydroxylation is 1. The van der Waals surface area contributed by atoms with Crippen LogP contribution in [0.5, 0.6) is 5.88 Å². The second kappa shape index (κ2) is 8.42. The van der Waals surface area contributed by atoms with E-state index in [9.17, 15) is 13.6 Å². The molecule has 0 radical (unpaired) electrons. The molecule has 8 heteroatoms. The lowest BCUT2D eigenvalue weighted by molar-refractivity contribution is -0.0523. The lowest BCUT2D eigenvalue weighted by Gasteiger charge is -2.57. The van der Waals surface area contributed by atoms with Crippen molar-refractivity contribution in [1.29, 1.82) is 0 Å². The highest BCUT2D eigenvalue weighted by atomic mass is 19.3. The van der Waals surface area contributed by atoms with Crippen LogP contribution in [-0.4, -0.2) is 36.8 Å². The summed E-state index contributed by atoms with van der Waals surface area (Å²) in [5.74, 6) is -0.0570. The fourth-order valence-corrected chi connectivity index (χ4v) is 4.53. The van der Waals surface area contributed by atoms with E-state index < -0.39 is 6.61 Å². The molecular formula is C23H28F2N4O2. The summed E-state index contributed by atoms with van der Waals surface area (Å²) in [5, 5.41) is 6.09. The predicted molar refractivity (Wildman–Crippen MR) is 116 cm³/mol. The minimum absolute atomic E-state index is 0.0416. The number of aromatic nitrogens is 1. The zero-order valence-corrected chi connectivity index (χ0v) is 18.0. The molecule has 166 valence electrons. The number of alkyl halides is 2. The lowest BCUT2D eigenvalue weighted by atomic mass is 9.61. The topological polar surface area (TPSA) is 66.5 Å². The molecule has 1 aliphatic heterocycles. The van der Waals surface area contributed by atoms with Gasteiger partial charge in [0.25, 0.3) is 0 Å². The third kappa shape index (κ3) is 4.35. The van der Waals surface area contributed by atoms with Gasteiger partial charge in [-0.2, -0.15) is 8.78 Å². The second-order valence-corrected chi connectivity index (χ2v) is 8.86. The lowest BCUT2D eigenvalue weighted by Crippen LogP contribution is -2.66. The predicted octanol–water partition coefficient (Wildman–Crippen LogP) is 4.91. The van der Waals surface area contributed by atoms with E-state index >= 15 is 0 Å². The summed E-state index contributed by atoms with van der Waals surface area (Å²) in [5.41, 5.74) is 2.83. The zero-order valence-electron chi connectivity index (χ0n) is 18.0. The molecule has 1 aromatic heterocycles. The van der Waals surface area contributed by atoms with Crippen LogP contribution in [0.25, 0.3) is 0 Å². The molecule has 2 fully saturated rings. The summed E-state index contributed by atoms with van der Waals surface area (Å²) in [6, 6.07) is 10.7. The minimum Gasteiger partial charge on any atom is -0.415 e. The Labute approximate surface area is 181 Å².